The summed E-state index contributed by atoms with van der Waals surface area (Å²) in [6, 6.07) is 2.12. The van der Waals surface area contributed by atoms with Crippen molar-refractivity contribution in [1.82, 2.24) is 24.8 Å². The van der Waals surface area contributed by atoms with Crippen molar-refractivity contribution in [2.45, 2.75) is 45.7 Å². The minimum absolute atomic E-state index is 0.108. The second-order valence-electron chi connectivity index (χ2n) is 5.89. The summed E-state index contributed by atoms with van der Waals surface area (Å²) >= 11 is 0. The van der Waals surface area contributed by atoms with E-state index in [1.54, 1.807) is 0 Å². The summed E-state index contributed by atoms with van der Waals surface area (Å²) in [4.78, 5) is 17.8. The summed E-state index contributed by atoms with van der Waals surface area (Å²) < 4.78 is 7.14. The van der Waals surface area contributed by atoms with Crippen LogP contribution in [-0.2, 0) is 17.8 Å². The molecule has 1 saturated heterocycles. The third-order valence-corrected chi connectivity index (χ3v) is 3.87. The van der Waals surface area contributed by atoms with Crippen molar-refractivity contribution in [1.29, 1.82) is 0 Å². The van der Waals surface area contributed by atoms with Crippen molar-refractivity contribution < 1.29 is 9.32 Å². The predicted molar refractivity (Wildman–Crippen MR) is 83.8 cm³/mol. The molecule has 1 aliphatic heterocycles. The number of aromatic nitrogens is 4. The Labute approximate surface area is 134 Å². The molecule has 1 fully saturated rings. The molecule has 1 aliphatic rings. The fraction of sp³-hybridized carbons (Fsp3) is 0.600. The summed E-state index contributed by atoms with van der Waals surface area (Å²) in [5.41, 5.74) is 0. The first kappa shape index (κ1) is 15.7. The molecular weight excluding hydrogens is 296 g/mol. The fourth-order valence-corrected chi connectivity index (χ4v) is 2.83. The van der Waals surface area contributed by atoms with Crippen molar-refractivity contribution in [3.63, 3.8) is 0 Å². The average molecular weight is 318 g/mol. The van der Waals surface area contributed by atoms with E-state index >= 15 is 0 Å². The predicted octanol–water partition coefficient (Wildman–Crippen LogP) is 1.62. The van der Waals surface area contributed by atoms with Gasteiger partial charge in [0.05, 0.1) is 12.6 Å². The van der Waals surface area contributed by atoms with Gasteiger partial charge in [-0.05, 0) is 12.8 Å². The fourth-order valence-electron chi connectivity index (χ4n) is 2.83. The molecule has 2 aromatic rings. The van der Waals surface area contributed by atoms with Gasteiger partial charge in [-0.2, -0.15) is 10.1 Å². The van der Waals surface area contributed by atoms with Crippen molar-refractivity contribution in [2.24, 2.45) is 0 Å². The second kappa shape index (κ2) is 6.91. The van der Waals surface area contributed by atoms with Crippen LogP contribution in [0.15, 0.2) is 16.8 Å². The van der Waals surface area contributed by atoms with E-state index in [4.69, 9.17) is 4.52 Å². The van der Waals surface area contributed by atoms with E-state index in [1.807, 2.05) is 16.9 Å². The number of amides is 1. The van der Waals surface area contributed by atoms with Crippen LogP contribution in [-0.4, -0.2) is 43.8 Å². The van der Waals surface area contributed by atoms with Crippen LogP contribution < -0.4 is 5.32 Å². The quantitative estimate of drug-likeness (QED) is 0.870. The van der Waals surface area contributed by atoms with Crippen LogP contribution >= 0.6 is 0 Å². The van der Waals surface area contributed by atoms with E-state index in [9.17, 15) is 4.79 Å². The van der Waals surface area contributed by atoms with E-state index in [0.29, 0.717) is 24.3 Å². The Morgan fingerprint density at radius 1 is 1.52 bits per heavy atom. The van der Waals surface area contributed by atoms with Crippen LogP contribution in [0.25, 0.3) is 0 Å². The molecule has 1 N–H and O–H groups in total. The third-order valence-electron chi connectivity index (χ3n) is 3.87. The van der Waals surface area contributed by atoms with Crippen molar-refractivity contribution in [3.05, 3.63) is 24.0 Å². The molecule has 8 nitrogen and oxygen atoms in total. The van der Waals surface area contributed by atoms with Gasteiger partial charge >= 0.3 is 0 Å². The van der Waals surface area contributed by atoms with Crippen LogP contribution in [0.3, 0.4) is 0 Å². The Morgan fingerprint density at radius 2 is 2.39 bits per heavy atom. The molecule has 0 unspecified atom stereocenters. The summed E-state index contributed by atoms with van der Waals surface area (Å²) in [6.45, 7) is 6.13. The van der Waals surface area contributed by atoms with Crippen molar-refractivity contribution in [2.75, 3.05) is 18.4 Å². The van der Waals surface area contributed by atoms with Gasteiger partial charge in [0.2, 0.25) is 11.8 Å². The molecule has 0 radical (unpaired) electrons. The highest BCUT2D eigenvalue weighted by molar-refractivity contribution is 5.87. The molecule has 3 rings (SSSR count). The standard InChI is InChI=1S/C15H22N6O2/c1-3-4-15-17-14(19-23-15)10-20-7-5-12(9-20)21-8-6-13(18-21)16-11(2)22/h6,8,12H,3-5,7,9-10H2,1-2H3,(H,16,18,22)/t12-/m1/s1. The minimum atomic E-state index is -0.108. The zero-order valence-electron chi connectivity index (χ0n) is 13.5. The van der Waals surface area contributed by atoms with E-state index in [2.05, 4.69) is 32.4 Å². The lowest BCUT2D eigenvalue weighted by atomic mass is 10.3. The molecule has 0 bridgehead atoms. The highest BCUT2D eigenvalue weighted by atomic mass is 16.5. The van der Waals surface area contributed by atoms with Crippen LogP contribution in [0.1, 0.15) is 44.4 Å². The second-order valence-corrected chi connectivity index (χ2v) is 5.89. The molecule has 0 aliphatic carbocycles. The van der Waals surface area contributed by atoms with Gasteiger partial charge < -0.3 is 9.84 Å². The molecule has 0 aromatic carbocycles. The van der Waals surface area contributed by atoms with Crippen molar-refractivity contribution in [3.8, 4) is 0 Å². The number of hydrogen-bond donors (Lipinski definition) is 1. The topological polar surface area (TPSA) is 89.1 Å². The third kappa shape index (κ3) is 3.95. The monoisotopic (exact) mass is 318 g/mol. The Morgan fingerprint density at radius 3 is 3.17 bits per heavy atom. The van der Waals surface area contributed by atoms with Gasteiger partial charge in [-0.25, -0.2) is 0 Å². The van der Waals surface area contributed by atoms with E-state index in [0.717, 1.165) is 38.2 Å². The molecule has 8 heteroatoms. The lowest BCUT2D eigenvalue weighted by Crippen LogP contribution is -2.22. The number of carbonyl (C=O) groups is 1. The molecule has 23 heavy (non-hydrogen) atoms. The maximum atomic E-state index is 11.1. The Kier molecular flexibility index (Phi) is 4.71. The van der Waals surface area contributed by atoms with Gasteiger partial charge in [-0.1, -0.05) is 12.1 Å². The molecule has 0 saturated carbocycles. The molecule has 1 amide bonds. The lowest BCUT2D eigenvalue weighted by molar-refractivity contribution is -0.114. The Bertz CT molecular complexity index is 664. The molecule has 2 aromatic heterocycles. The average Bonchev–Trinajstić information content (AvgIpc) is 3.20. The first-order valence-corrected chi connectivity index (χ1v) is 8.00. The first-order chi connectivity index (χ1) is 11.1. The molecule has 3 heterocycles. The SMILES string of the molecule is CCCc1nc(CN2CC[C@@H](n3ccc(NC(C)=O)n3)C2)no1. The molecule has 1 atom stereocenters. The maximum Gasteiger partial charge on any atom is 0.226 e. The molecule has 124 valence electrons. The van der Waals surface area contributed by atoms with E-state index in [-0.39, 0.29) is 5.91 Å². The van der Waals surface area contributed by atoms with Gasteiger partial charge in [-0.15, -0.1) is 0 Å². The highest BCUT2D eigenvalue weighted by Gasteiger charge is 2.25. The van der Waals surface area contributed by atoms with E-state index < -0.39 is 0 Å². The normalized spacial score (nSPS) is 18.4. The lowest BCUT2D eigenvalue weighted by Gasteiger charge is -2.13. The Hall–Kier alpha value is -2.22. The molecule has 0 spiro atoms. The first-order valence-electron chi connectivity index (χ1n) is 8.00. The van der Waals surface area contributed by atoms with Gasteiger partial charge in [0.1, 0.15) is 0 Å². The van der Waals surface area contributed by atoms with Gasteiger partial charge in [0.15, 0.2) is 11.6 Å². The zero-order chi connectivity index (χ0) is 16.2. The smallest absolute Gasteiger partial charge is 0.226 e. The number of rotatable bonds is 6. The highest BCUT2D eigenvalue weighted by Crippen LogP contribution is 2.23. The zero-order valence-corrected chi connectivity index (χ0v) is 13.5. The van der Waals surface area contributed by atoms with Crippen LogP contribution in [0.2, 0.25) is 0 Å². The number of nitrogens with one attached hydrogen (secondary N) is 1. The minimum Gasteiger partial charge on any atom is -0.339 e. The summed E-state index contributed by atoms with van der Waals surface area (Å²) in [7, 11) is 0. The number of likely N-dealkylation sites (tertiary alicyclic amines) is 1. The largest absolute Gasteiger partial charge is 0.339 e. The summed E-state index contributed by atoms with van der Waals surface area (Å²) in [6.07, 6.45) is 4.76. The van der Waals surface area contributed by atoms with Crippen molar-refractivity contribution >= 4 is 11.7 Å². The van der Waals surface area contributed by atoms with Gasteiger partial charge in [-0.3, -0.25) is 14.4 Å². The van der Waals surface area contributed by atoms with Crippen LogP contribution in [0.4, 0.5) is 5.82 Å². The van der Waals surface area contributed by atoms with Gasteiger partial charge in [0.25, 0.3) is 0 Å². The maximum absolute atomic E-state index is 11.1. The molecular formula is C15H22N6O2. The number of carbonyl (C=O) groups excluding carboxylic acids is 1. The number of nitrogens with zero attached hydrogens (tertiary/aromatic N) is 5. The number of hydrogen-bond acceptors (Lipinski definition) is 6. The van der Waals surface area contributed by atoms with Crippen LogP contribution in [0, 0.1) is 0 Å². The summed E-state index contributed by atoms with van der Waals surface area (Å²) in [5.74, 6) is 1.94. The van der Waals surface area contributed by atoms with Gasteiger partial charge in [0, 0.05) is 38.7 Å². The number of anilines is 1. The number of aryl methyl sites for hydroxylation is 1. The van der Waals surface area contributed by atoms with Crippen LogP contribution in [0.5, 0.6) is 0 Å². The summed E-state index contributed by atoms with van der Waals surface area (Å²) in [5, 5.41) is 11.1. The Balaban J connectivity index is 1.55. The van der Waals surface area contributed by atoms with E-state index in [1.165, 1.54) is 6.92 Å².